The average Bonchev–Trinajstić information content (AvgIpc) is 2.79. The Kier molecular flexibility index (Phi) is 7.97. The molecule has 176 valence electrons. The largest absolute Gasteiger partial charge is 0.351 e. The molecule has 2 heterocycles. The minimum atomic E-state index is -0.665. The molecule has 9 nitrogen and oxygen atoms in total. The number of pyridine rings is 1. The lowest BCUT2D eigenvalue weighted by molar-refractivity contribution is -0.384. The van der Waals surface area contributed by atoms with E-state index in [0.717, 1.165) is 5.56 Å². The van der Waals surface area contributed by atoms with Gasteiger partial charge in [-0.25, -0.2) is 4.98 Å². The van der Waals surface area contributed by atoms with Crippen LogP contribution in [0.2, 0.25) is 0 Å². The molecule has 1 saturated heterocycles. The number of anilines is 1. The van der Waals surface area contributed by atoms with Crippen molar-refractivity contribution < 1.29 is 14.5 Å². The molecule has 3 rings (SSSR count). The van der Waals surface area contributed by atoms with Gasteiger partial charge in [0.05, 0.1) is 4.92 Å². The highest BCUT2D eigenvalue weighted by Gasteiger charge is 2.28. The Balaban J connectivity index is 1.60. The number of nitrogens with one attached hydrogen (secondary N) is 2. The van der Waals surface area contributed by atoms with Gasteiger partial charge in [0.2, 0.25) is 17.6 Å². The maximum Gasteiger partial charge on any atom is 0.311 e. The van der Waals surface area contributed by atoms with Crippen LogP contribution in [0.15, 0.2) is 42.6 Å². The van der Waals surface area contributed by atoms with Crippen molar-refractivity contribution >= 4 is 23.3 Å². The summed E-state index contributed by atoms with van der Waals surface area (Å²) in [4.78, 5) is 41.6. The van der Waals surface area contributed by atoms with Crippen LogP contribution in [0, 0.1) is 10.1 Å². The van der Waals surface area contributed by atoms with Crippen LogP contribution in [0.1, 0.15) is 50.7 Å². The number of aromatic nitrogens is 1. The van der Waals surface area contributed by atoms with Crippen LogP contribution >= 0.6 is 0 Å². The Morgan fingerprint density at radius 3 is 2.42 bits per heavy atom. The van der Waals surface area contributed by atoms with Gasteiger partial charge in [-0.15, -0.1) is 0 Å². The van der Waals surface area contributed by atoms with Crippen LogP contribution < -0.4 is 15.5 Å². The zero-order chi connectivity index (χ0) is 24.0. The maximum absolute atomic E-state index is 13.0. The first-order valence-corrected chi connectivity index (χ1v) is 11.2. The van der Waals surface area contributed by atoms with E-state index in [2.05, 4.69) is 41.6 Å². The van der Waals surface area contributed by atoms with Gasteiger partial charge in [0.25, 0.3) is 0 Å². The number of carbonyl (C=O) groups excluding carboxylic acids is 2. The quantitative estimate of drug-likeness (QED) is 0.469. The Morgan fingerprint density at radius 2 is 1.85 bits per heavy atom. The van der Waals surface area contributed by atoms with E-state index < -0.39 is 11.0 Å². The van der Waals surface area contributed by atoms with Crippen molar-refractivity contribution in [1.29, 1.82) is 0 Å². The molecule has 0 spiro atoms. The molecule has 0 radical (unpaired) electrons. The molecule has 2 aromatic rings. The first kappa shape index (κ1) is 24.2. The topological polar surface area (TPSA) is 117 Å². The second-order valence-corrected chi connectivity index (χ2v) is 8.73. The highest BCUT2D eigenvalue weighted by atomic mass is 16.6. The zero-order valence-corrected chi connectivity index (χ0v) is 19.3. The van der Waals surface area contributed by atoms with Crippen molar-refractivity contribution in [3.8, 4) is 0 Å². The molecule has 0 bridgehead atoms. The average molecular weight is 454 g/mol. The number of nitro groups is 1. The lowest BCUT2D eigenvalue weighted by atomic mass is 9.98. The summed E-state index contributed by atoms with van der Waals surface area (Å²) in [6.45, 7) is 6.74. The molecule has 1 atom stereocenters. The lowest BCUT2D eigenvalue weighted by Gasteiger charge is -2.33. The van der Waals surface area contributed by atoms with Crippen molar-refractivity contribution in [2.24, 2.45) is 0 Å². The summed E-state index contributed by atoms with van der Waals surface area (Å²) in [6, 6.07) is 10.4. The van der Waals surface area contributed by atoms with Crippen LogP contribution in [-0.4, -0.2) is 46.9 Å². The van der Waals surface area contributed by atoms with Crippen molar-refractivity contribution in [3.63, 3.8) is 0 Å². The lowest BCUT2D eigenvalue weighted by Crippen LogP contribution is -2.52. The number of amides is 2. The van der Waals surface area contributed by atoms with E-state index in [0.29, 0.717) is 44.1 Å². The second kappa shape index (κ2) is 10.9. The Morgan fingerprint density at radius 1 is 1.18 bits per heavy atom. The summed E-state index contributed by atoms with van der Waals surface area (Å²) in [7, 11) is 0. The molecule has 2 amide bonds. The van der Waals surface area contributed by atoms with Crippen LogP contribution in [0.5, 0.6) is 0 Å². The normalized spacial score (nSPS) is 15.2. The molecule has 2 N–H and O–H groups in total. The van der Waals surface area contributed by atoms with Gasteiger partial charge in [-0.2, -0.15) is 0 Å². The zero-order valence-electron chi connectivity index (χ0n) is 19.3. The van der Waals surface area contributed by atoms with Crippen LogP contribution in [0.25, 0.3) is 0 Å². The van der Waals surface area contributed by atoms with Gasteiger partial charge in [-0.05, 0) is 36.0 Å². The maximum atomic E-state index is 13.0. The van der Waals surface area contributed by atoms with Crippen LogP contribution in [0.3, 0.4) is 0 Å². The Labute approximate surface area is 193 Å². The molecular formula is C24H31N5O4. The third-order valence-electron chi connectivity index (χ3n) is 5.88. The third kappa shape index (κ3) is 6.50. The molecule has 33 heavy (non-hydrogen) atoms. The van der Waals surface area contributed by atoms with Gasteiger partial charge in [-0.1, -0.05) is 38.1 Å². The number of nitrogens with zero attached hydrogens (tertiary/aromatic N) is 3. The molecular weight excluding hydrogens is 422 g/mol. The van der Waals surface area contributed by atoms with Crippen LogP contribution in [0.4, 0.5) is 11.5 Å². The van der Waals surface area contributed by atoms with E-state index >= 15 is 0 Å². The SMILES string of the molecule is CC(=O)NC(Cc1ccc(C(C)C)cc1)C(=O)NC1CCN(c2ncccc2[N+](=O)[O-])CC1. The minimum Gasteiger partial charge on any atom is -0.351 e. The van der Waals surface area contributed by atoms with E-state index in [1.165, 1.54) is 18.6 Å². The first-order valence-electron chi connectivity index (χ1n) is 11.2. The van der Waals surface area contributed by atoms with Gasteiger partial charge in [0.1, 0.15) is 6.04 Å². The predicted octanol–water partition coefficient (Wildman–Crippen LogP) is 2.95. The highest BCUT2D eigenvalue weighted by Crippen LogP contribution is 2.27. The molecule has 0 aliphatic carbocycles. The Hall–Kier alpha value is -3.49. The summed E-state index contributed by atoms with van der Waals surface area (Å²) in [6.07, 6.45) is 3.22. The van der Waals surface area contributed by atoms with E-state index in [4.69, 9.17) is 0 Å². The van der Waals surface area contributed by atoms with Gasteiger partial charge in [-0.3, -0.25) is 19.7 Å². The molecule has 1 fully saturated rings. The monoisotopic (exact) mass is 453 g/mol. The fourth-order valence-electron chi connectivity index (χ4n) is 4.04. The molecule has 1 aliphatic rings. The number of piperidine rings is 1. The minimum absolute atomic E-state index is 0.0193. The summed E-state index contributed by atoms with van der Waals surface area (Å²) >= 11 is 0. The molecule has 1 aromatic heterocycles. The van der Waals surface area contributed by atoms with Crippen molar-refractivity contribution in [1.82, 2.24) is 15.6 Å². The smallest absolute Gasteiger partial charge is 0.311 e. The first-order chi connectivity index (χ1) is 15.7. The van der Waals surface area contributed by atoms with Gasteiger partial charge in [0, 0.05) is 44.7 Å². The van der Waals surface area contributed by atoms with E-state index in [1.807, 2.05) is 17.0 Å². The molecule has 1 aliphatic heterocycles. The van der Waals surface area contributed by atoms with Gasteiger partial charge >= 0.3 is 5.69 Å². The summed E-state index contributed by atoms with van der Waals surface area (Å²) in [5, 5.41) is 17.1. The summed E-state index contributed by atoms with van der Waals surface area (Å²) in [5.41, 5.74) is 2.18. The van der Waals surface area contributed by atoms with Gasteiger partial charge in [0.15, 0.2) is 0 Å². The van der Waals surface area contributed by atoms with E-state index in [9.17, 15) is 19.7 Å². The fraction of sp³-hybridized carbons (Fsp3) is 0.458. The van der Waals surface area contributed by atoms with Crippen LogP contribution in [-0.2, 0) is 16.0 Å². The second-order valence-electron chi connectivity index (χ2n) is 8.73. The van der Waals surface area contributed by atoms with Crippen molar-refractivity contribution in [3.05, 3.63) is 63.8 Å². The van der Waals surface area contributed by atoms with E-state index in [1.54, 1.807) is 12.3 Å². The fourth-order valence-corrected chi connectivity index (χ4v) is 4.04. The molecule has 0 saturated carbocycles. The number of rotatable bonds is 8. The molecule has 1 unspecified atom stereocenters. The number of carbonyl (C=O) groups is 2. The summed E-state index contributed by atoms with van der Waals surface area (Å²) in [5.74, 6) is 0.298. The number of hydrogen-bond acceptors (Lipinski definition) is 6. The van der Waals surface area contributed by atoms with Crippen molar-refractivity contribution in [2.45, 2.75) is 58.0 Å². The van der Waals surface area contributed by atoms with Gasteiger partial charge < -0.3 is 15.5 Å². The Bertz CT molecular complexity index is 985. The highest BCUT2D eigenvalue weighted by molar-refractivity contribution is 5.87. The molecule has 1 aromatic carbocycles. The molecule has 9 heteroatoms. The third-order valence-corrected chi connectivity index (χ3v) is 5.88. The number of benzene rings is 1. The standard InChI is InChI=1S/C24H31N5O4/c1-16(2)19-8-6-18(7-9-19)15-21(26-17(3)30)24(31)27-20-10-13-28(14-11-20)23-22(29(32)33)5-4-12-25-23/h4-9,12,16,20-21H,10-11,13-15H2,1-3H3,(H,26,30)(H,27,31). The predicted molar refractivity (Wildman–Crippen MR) is 126 cm³/mol. The number of hydrogen-bond donors (Lipinski definition) is 2. The van der Waals surface area contributed by atoms with E-state index in [-0.39, 0.29) is 23.5 Å². The summed E-state index contributed by atoms with van der Waals surface area (Å²) < 4.78 is 0. The van der Waals surface area contributed by atoms with Crippen molar-refractivity contribution in [2.75, 3.05) is 18.0 Å².